The zero-order valence-corrected chi connectivity index (χ0v) is 18.6. The van der Waals surface area contributed by atoms with Crippen molar-refractivity contribution in [3.63, 3.8) is 0 Å². The average molecular weight is 432 g/mol. The highest BCUT2D eigenvalue weighted by Gasteiger charge is 2.36. The van der Waals surface area contributed by atoms with E-state index in [2.05, 4.69) is 5.32 Å². The van der Waals surface area contributed by atoms with Crippen molar-refractivity contribution < 1.29 is 23.9 Å². The number of carbonyl (C=O) groups excluding carboxylic acids is 3. The van der Waals surface area contributed by atoms with Crippen molar-refractivity contribution in [3.8, 4) is 11.5 Å². The molecule has 0 aliphatic carbocycles. The molecule has 0 bridgehead atoms. The van der Waals surface area contributed by atoms with Crippen LogP contribution in [0.4, 0.5) is 0 Å². The Hall–Kier alpha value is -2.77. The molecule has 0 radical (unpaired) electrons. The standard InChI is InChI=1S/C23H33N3O5/c1-4-30-19-7-5-6-8-20(19)31-15-22(28)25-11-9-18(10-12-25)24-23(29)17-13-21(27)26(14-17)16(2)3/h5-8,16-18H,4,9-15H2,1-3H3,(H,24,29). The molecule has 8 nitrogen and oxygen atoms in total. The van der Waals surface area contributed by atoms with Crippen LogP contribution in [0.2, 0.25) is 0 Å². The average Bonchev–Trinajstić information content (AvgIpc) is 3.16. The number of hydrogen-bond donors (Lipinski definition) is 1. The fraction of sp³-hybridized carbons (Fsp3) is 0.609. The van der Waals surface area contributed by atoms with Crippen molar-refractivity contribution >= 4 is 17.7 Å². The number of nitrogens with zero attached hydrogens (tertiary/aromatic N) is 2. The van der Waals surface area contributed by atoms with Crippen LogP contribution in [-0.2, 0) is 14.4 Å². The summed E-state index contributed by atoms with van der Waals surface area (Å²) in [6.07, 6.45) is 1.67. The van der Waals surface area contributed by atoms with E-state index in [1.165, 1.54) is 0 Å². The summed E-state index contributed by atoms with van der Waals surface area (Å²) >= 11 is 0. The monoisotopic (exact) mass is 431 g/mol. The molecule has 0 saturated carbocycles. The van der Waals surface area contributed by atoms with Crippen LogP contribution in [0.3, 0.4) is 0 Å². The van der Waals surface area contributed by atoms with Gasteiger partial charge in [0.15, 0.2) is 18.1 Å². The Labute approximate surface area is 183 Å². The predicted molar refractivity (Wildman–Crippen MR) is 116 cm³/mol. The molecule has 1 unspecified atom stereocenters. The van der Waals surface area contributed by atoms with E-state index >= 15 is 0 Å². The summed E-state index contributed by atoms with van der Waals surface area (Å²) in [5.41, 5.74) is 0. The molecule has 3 rings (SSSR count). The number of hydrogen-bond acceptors (Lipinski definition) is 5. The number of piperidine rings is 1. The summed E-state index contributed by atoms with van der Waals surface area (Å²) in [6.45, 7) is 7.93. The van der Waals surface area contributed by atoms with E-state index in [0.29, 0.717) is 50.6 Å². The third-order valence-corrected chi connectivity index (χ3v) is 5.85. The van der Waals surface area contributed by atoms with Gasteiger partial charge in [-0.05, 0) is 45.7 Å². The van der Waals surface area contributed by atoms with Crippen LogP contribution in [0.25, 0.3) is 0 Å². The number of carbonyl (C=O) groups is 3. The molecule has 8 heteroatoms. The molecule has 2 heterocycles. The first-order valence-electron chi connectivity index (χ1n) is 11.1. The molecule has 0 aromatic heterocycles. The lowest BCUT2D eigenvalue weighted by Crippen LogP contribution is -2.49. The number of rotatable bonds is 8. The van der Waals surface area contributed by atoms with Gasteiger partial charge in [0.2, 0.25) is 11.8 Å². The Morgan fingerprint density at radius 2 is 1.77 bits per heavy atom. The zero-order chi connectivity index (χ0) is 22.4. The highest BCUT2D eigenvalue weighted by Crippen LogP contribution is 2.26. The third-order valence-electron chi connectivity index (χ3n) is 5.85. The molecule has 1 atom stereocenters. The molecular formula is C23H33N3O5. The summed E-state index contributed by atoms with van der Waals surface area (Å²) in [5, 5.41) is 3.08. The van der Waals surface area contributed by atoms with E-state index in [0.717, 1.165) is 0 Å². The number of ether oxygens (including phenoxy) is 2. The Morgan fingerprint density at radius 3 is 2.35 bits per heavy atom. The third kappa shape index (κ3) is 5.89. The molecule has 1 aromatic rings. The number of likely N-dealkylation sites (tertiary alicyclic amines) is 2. The first-order valence-corrected chi connectivity index (χ1v) is 11.1. The van der Waals surface area contributed by atoms with Gasteiger partial charge in [0.25, 0.3) is 5.91 Å². The minimum Gasteiger partial charge on any atom is -0.490 e. The minimum absolute atomic E-state index is 0.0272. The van der Waals surface area contributed by atoms with Crippen LogP contribution in [0.15, 0.2) is 24.3 Å². The summed E-state index contributed by atoms with van der Waals surface area (Å²) in [7, 11) is 0. The molecule has 170 valence electrons. The van der Waals surface area contributed by atoms with Gasteiger partial charge in [-0.15, -0.1) is 0 Å². The van der Waals surface area contributed by atoms with Gasteiger partial charge in [-0.3, -0.25) is 14.4 Å². The first-order chi connectivity index (χ1) is 14.9. The van der Waals surface area contributed by atoms with Crippen molar-refractivity contribution in [3.05, 3.63) is 24.3 Å². The van der Waals surface area contributed by atoms with Gasteiger partial charge in [0.05, 0.1) is 12.5 Å². The highest BCUT2D eigenvalue weighted by molar-refractivity contribution is 5.89. The van der Waals surface area contributed by atoms with Crippen molar-refractivity contribution in [1.82, 2.24) is 15.1 Å². The van der Waals surface area contributed by atoms with Crippen LogP contribution in [0, 0.1) is 5.92 Å². The zero-order valence-electron chi connectivity index (χ0n) is 18.6. The molecule has 2 aliphatic heterocycles. The molecule has 2 aliphatic rings. The Kier molecular flexibility index (Phi) is 7.76. The second-order valence-corrected chi connectivity index (χ2v) is 8.37. The molecular weight excluding hydrogens is 398 g/mol. The minimum atomic E-state index is -0.284. The molecule has 2 fully saturated rings. The van der Waals surface area contributed by atoms with Crippen molar-refractivity contribution in [1.29, 1.82) is 0 Å². The summed E-state index contributed by atoms with van der Waals surface area (Å²) in [5.74, 6) is 0.805. The molecule has 1 aromatic carbocycles. The second-order valence-electron chi connectivity index (χ2n) is 8.37. The lowest BCUT2D eigenvalue weighted by Gasteiger charge is -2.33. The van der Waals surface area contributed by atoms with Crippen LogP contribution in [0.1, 0.15) is 40.0 Å². The molecule has 0 spiro atoms. The van der Waals surface area contributed by atoms with Gasteiger partial charge < -0.3 is 24.6 Å². The van der Waals surface area contributed by atoms with E-state index in [1.807, 2.05) is 39.0 Å². The predicted octanol–water partition coefficient (Wildman–Crippen LogP) is 1.83. The Bertz CT molecular complexity index is 789. The fourth-order valence-corrected chi connectivity index (χ4v) is 4.07. The van der Waals surface area contributed by atoms with Crippen molar-refractivity contribution in [2.45, 2.75) is 52.1 Å². The van der Waals surface area contributed by atoms with Crippen molar-refractivity contribution in [2.75, 3.05) is 32.8 Å². The van der Waals surface area contributed by atoms with Gasteiger partial charge in [0, 0.05) is 38.1 Å². The highest BCUT2D eigenvalue weighted by atomic mass is 16.5. The van der Waals surface area contributed by atoms with Crippen LogP contribution >= 0.6 is 0 Å². The van der Waals surface area contributed by atoms with E-state index in [-0.39, 0.29) is 48.8 Å². The lowest BCUT2D eigenvalue weighted by molar-refractivity contribution is -0.134. The van der Waals surface area contributed by atoms with E-state index in [4.69, 9.17) is 9.47 Å². The maximum atomic E-state index is 12.6. The topological polar surface area (TPSA) is 88.2 Å². The smallest absolute Gasteiger partial charge is 0.260 e. The van der Waals surface area contributed by atoms with Crippen LogP contribution in [0.5, 0.6) is 11.5 Å². The normalized spacial score (nSPS) is 19.6. The molecule has 3 amide bonds. The molecule has 2 saturated heterocycles. The number of benzene rings is 1. The number of nitrogens with one attached hydrogen (secondary N) is 1. The number of amides is 3. The fourth-order valence-electron chi connectivity index (χ4n) is 4.07. The summed E-state index contributed by atoms with van der Waals surface area (Å²) in [4.78, 5) is 40.7. The van der Waals surface area contributed by atoms with E-state index in [1.54, 1.807) is 15.9 Å². The van der Waals surface area contributed by atoms with E-state index in [9.17, 15) is 14.4 Å². The van der Waals surface area contributed by atoms with Gasteiger partial charge in [0.1, 0.15) is 0 Å². The van der Waals surface area contributed by atoms with Gasteiger partial charge >= 0.3 is 0 Å². The Morgan fingerprint density at radius 1 is 1.13 bits per heavy atom. The van der Waals surface area contributed by atoms with Crippen LogP contribution in [-0.4, -0.2) is 72.5 Å². The number of para-hydroxylation sites is 2. The molecule has 1 N–H and O–H groups in total. The lowest BCUT2D eigenvalue weighted by atomic mass is 10.0. The first kappa shape index (κ1) is 22.9. The summed E-state index contributed by atoms with van der Waals surface area (Å²) in [6, 6.07) is 7.45. The summed E-state index contributed by atoms with van der Waals surface area (Å²) < 4.78 is 11.2. The quantitative estimate of drug-likeness (QED) is 0.679. The van der Waals surface area contributed by atoms with E-state index < -0.39 is 0 Å². The maximum Gasteiger partial charge on any atom is 0.260 e. The van der Waals surface area contributed by atoms with Crippen molar-refractivity contribution in [2.24, 2.45) is 5.92 Å². The largest absolute Gasteiger partial charge is 0.490 e. The Balaban J connectivity index is 1.42. The SMILES string of the molecule is CCOc1ccccc1OCC(=O)N1CCC(NC(=O)C2CC(=O)N(C(C)C)C2)CC1. The van der Waals surface area contributed by atoms with Crippen LogP contribution < -0.4 is 14.8 Å². The van der Waals surface area contributed by atoms with Gasteiger partial charge in [-0.2, -0.15) is 0 Å². The van der Waals surface area contributed by atoms with Gasteiger partial charge in [-0.1, -0.05) is 12.1 Å². The van der Waals surface area contributed by atoms with Gasteiger partial charge in [-0.25, -0.2) is 0 Å². The second kappa shape index (κ2) is 10.5. The maximum absolute atomic E-state index is 12.6. The molecule has 31 heavy (non-hydrogen) atoms.